The highest BCUT2D eigenvalue weighted by Gasteiger charge is 1.98. The number of nitrogens with zero attached hydrogens (tertiary/aromatic N) is 1. The Kier molecular flexibility index (Phi) is 2.87. The van der Waals surface area contributed by atoms with Crippen molar-refractivity contribution in [1.29, 1.82) is 0 Å². The van der Waals surface area contributed by atoms with Crippen LogP contribution in [0.25, 0.3) is 6.08 Å². The van der Waals surface area contributed by atoms with E-state index in [9.17, 15) is 4.79 Å². The van der Waals surface area contributed by atoms with Crippen LogP contribution < -0.4 is 5.73 Å². The summed E-state index contributed by atoms with van der Waals surface area (Å²) < 4.78 is 0. The molecule has 0 atom stereocenters. The fraction of sp³-hybridized carbons (Fsp3) is 0. The molecule has 0 bridgehead atoms. The molecule has 1 rings (SSSR count). The molecule has 0 spiro atoms. The van der Waals surface area contributed by atoms with E-state index in [1.54, 1.807) is 12.1 Å². The van der Waals surface area contributed by atoms with E-state index in [1.807, 2.05) is 0 Å². The lowest BCUT2D eigenvalue weighted by Gasteiger charge is -1.97. The van der Waals surface area contributed by atoms with Gasteiger partial charge in [-0.1, -0.05) is 11.6 Å². The van der Waals surface area contributed by atoms with Gasteiger partial charge in [0.25, 0.3) is 0 Å². The van der Waals surface area contributed by atoms with Crippen molar-refractivity contribution in [3.8, 4) is 0 Å². The van der Waals surface area contributed by atoms with E-state index in [0.717, 1.165) is 6.08 Å². The Bertz CT molecular complexity index is 363. The molecular formula is C8H7ClN2O2. The largest absolute Gasteiger partial charge is 0.478 e. The third kappa shape index (κ3) is 2.76. The summed E-state index contributed by atoms with van der Waals surface area (Å²) in [5.41, 5.74) is 5.73. The Morgan fingerprint density at radius 2 is 2.31 bits per heavy atom. The number of carboxylic acid groups (broad SMARTS) is 1. The molecule has 68 valence electrons. The van der Waals surface area contributed by atoms with Crippen LogP contribution in [0.1, 0.15) is 5.69 Å². The smallest absolute Gasteiger partial charge is 0.328 e. The Morgan fingerprint density at radius 1 is 1.62 bits per heavy atom. The van der Waals surface area contributed by atoms with Gasteiger partial charge in [0.1, 0.15) is 5.82 Å². The summed E-state index contributed by atoms with van der Waals surface area (Å²) in [4.78, 5) is 14.0. The number of nitrogens with two attached hydrogens (primary N) is 1. The van der Waals surface area contributed by atoms with Crippen molar-refractivity contribution in [1.82, 2.24) is 4.98 Å². The highest BCUT2D eigenvalue weighted by Crippen LogP contribution is 2.16. The minimum Gasteiger partial charge on any atom is -0.478 e. The van der Waals surface area contributed by atoms with Crippen molar-refractivity contribution in [3.05, 3.63) is 28.9 Å². The number of aliphatic carboxylic acids is 1. The third-order valence-corrected chi connectivity index (χ3v) is 1.60. The predicted molar refractivity (Wildman–Crippen MR) is 50.3 cm³/mol. The first-order valence-corrected chi connectivity index (χ1v) is 3.80. The van der Waals surface area contributed by atoms with E-state index in [-0.39, 0.29) is 0 Å². The zero-order valence-corrected chi connectivity index (χ0v) is 7.32. The highest BCUT2D eigenvalue weighted by molar-refractivity contribution is 6.31. The summed E-state index contributed by atoms with van der Waals surface area (Å²) in [7, 11) is 0. The van der Waals surface area contributed by atoms with Gasteiger partial charge in [-0.25, -0.2) is 9.78 Å². The van der Waals surface area contributed by atoms with Gasteiger partial charge in [0, 0.05) is 6.08 Å². The van der Waals surface area contributed by atoms with Crippen LogP contribution in [0.3, 0.4) is 0 Å². The van der Waals surface area contributed by atoms with Crippen LogP contribution in [0.15, 0.2) is 18.2 Å². The standard InChI is InChI=1S/C8H7ClN2O2/c9-5-1-3-7(10)11-6(5)2-4-8(12)13/h1-4H,(H2,10,11)(H,12,13)/b4-2+. The average Bonchev–Trinajstić information content (AvgIpc) is 2.06. The van der Waals surface area contributed by atoms with E-state index in [2.05, 4.69) is 4.98 Å². The second-order valence-electron chi connectivity index (χ2n) is 2.27. The number of hydrogen-bond acceptors (Lipinski definition) is 3. The molecule has 13 heavy (non-hydrogen) atoms. The van der Waals surface area contributed by atoms with Crippen LogP contribution in [0, 0.1) is 0 Å². The number of pyridine rings is 1. The quantitative estimate of drug-likeness (QED) is 0.705. The monoisotopic (exact) mass is 198 g/mol. The molecule has 1 heterocycles. The van der Waals surface area contributed by atoms with Gasteiger partial charge in [0.05, 0.1) is 10.7 Å². The fourth-order valence-electron chi connectivity index (χ4n) is 0.741. The maximum absolute atomic E-state index is 10.2. The summed E-state index contributed by atoms with van der Waals surface area (Å²) in [6.45, 7) is 0. The van der Waals surface area contributed by atoms with Crippen molar-refractivity contribution >= 4 is 29.5 Å². The fourth-order valence-corrected chi connectivity index (χ4v) is 0.909. The van der Waals surface area contributed by atoms with Crippen LogP contribution >= 0.6 is 11.6 Å². The zero-order chi connectivity index (χ0) is 9.84. The predicted octanol–water partition coefficient (Wildman–Crippen LogP) is 1.42. The molecular weight excluding hydrogens is 192 g/mol. The van der Waals surface area contributed by atoms with Gasteiger partial charge >= 0.3 is 5.97 Å². The van der Waals surface area contributed by atoms with Crippen molar-refractivity contribution in [2.24, 2.45) is 0 Å². The maximum Gasteiger partial charge on any atom is 0.328 e. The van der Waals surface area contributed by atoms with Gasteiger partial charge in [-0.3, -0.25) is 0 Å². The number of rotatable bonds is 2. The molecule has 0 aromatic carbocycles. The van der Waals surface area contributed by atoms with Crippen LogP contribution in [0.2, 0.25) is 5.02 Å². The van der Waals surface area contributed by atoms with E-state index in [0.29, 0.717) is 16.5 Å². The minimum atomic E-state index is -1.06. The van der Waals surface area contributed by atoms with E-state index in [4.69, 9.17) is 22.4 Å². The van der Waals surface area contributed by atoms with Crippen LogP contribution in [-0.4, -0.2) is 16.1 Å². The van der Waals surface area contributed by atoms with E-state index in [1.165, 1.54) is 6.08 Å². The summed E-state index contributed by atoms with van der Waals surface area (Å²) in [6, 6.07) is 3.10. The van der Waals surface area contributed by atoms with Crippen LogP contribution in [0.4, 0.5) is 5.82 Å². The first-order chi connectivity index (χ1) is 6.09. The van der Waals surface area contributed by atoms with Gasteiger partial charge in [-0.2, -0.15) is 0 Å². The van der Waals surface area contributed by atoms with Gasteiger partial charge in [0.2, 0.25) is 0 Å². The molecule has 0 amide bonds. The number of hydrogen-bond donors (Lipinski definition) is 2. The van der Waals surface area contributed by atoms with E-state index < -0.39 is 5.97 Å². The topological polar surface area (TPSA) is 76.2 Å². The summed E-state index contributed by atoms with van der Waals surface area (Å²) in [5, 5.41) is 8.71. The number of carboxylic acids is 1. The minimum absolute atomic E-state index is 0.300. The molecule has 1 aromatic rings. The third-order valence-electron chi connectivity index (χ3n) is 1.28. The Morgan fingerprint density at radius 3 is 2.92 bits per heavy atom. The number of aromatic nitrogens is 1. The molecule has 0 fully saturated rings. The second kappa shape index (κ2) is 3.91. The van der Waals surface area contributed by atoms with Crippen molar-refractivity contribution in [2.75, 3.05) is 5.73 Å². The number of anilines is 1. The summed E-state index contributed by atoms with van der Waals surface area (Å²) in [6.07, 6.45) is 2.24. The van der Waals surface area contributed by atoms with Crippen molar-refractivity contribution < 1.29 is 9.90 Å². The normalized spacial score (nSPS) is 10.5. The first-order valence-electron chi connectivity index (χ1n) is 3.42. The molecule has 3 N–H and O–H groups in total. The Balaban J connectivity index is 3.00. The lowest BCUT2D eigenvalue weighted by atomic mass is 10.3. The highest BCUT2D eigenvalue weighted by atomic mass is 35.5. The van der Waals surface area contributed by atoms with Crippen LogP contribution in [-0.2, 0) is 4.79 Å². The van der Waals surface area contributed by atoms with E-state index >= 15 is 0 Å². The van der Waals surface area contributed by atoms with Crippen molar-refractivity contribution in [2.45, 2.75) is 0 Å². The molecule has 0 aliphatic carbocycles. The van der Waals surface area contributed by atoms with Gasteiger partial charge in [0.15, 0.2) is 0 Å². The Hall–Kier alpha value is -1.55. The SMILES string of the molecule is Nc1ccc(Cl)c(/C=C/C(=O)O)n1. The molecule has 0 saturated heterocycles. The number of nitrogen functional groups attached to an aromatic ring is 1. The molecule has 1 aromatic heterocycles. The van der Waals surface area contributed by atoms with Gasteiger partial charge in [-0.05, 0) is 18.2 Å². The Labute approximate surface area is 79.7 Å². The molecule has 4 nitrogen and oxygen atoms in total. The van der Waals surface area contributed by atoms with Crippen LogP contribution in [0.5, 0.6) is 0 Å². The summed E-state index contributed by atoms with van der Waals surface area (Å²) in [5.74, 6) is -0.755. The van der Waals surface area contributed by atoms with Crippen molar-refractivity contribution in [3.63, 3.8) is 0 Å². The lowest BCUT2D eigenvalue weighted by molar-refractivity contribution is -0.131. The number of carbonyl (C=O) groups is 1. The summed E-state index contributed by atoms with van der Waals surface area (Å²) >= 11 is 5.72. The first kappa shape index (κ1) is 9.54. The molecule has 0 aliphatic heterocycles. The molecule has 0 radical (unpaired) electrons. The molecule has 0 unspecified atom stereocenters. The maximum atomic E-state index is 10.2. The molecule has 0 saturated carbocycles. The number of halogens is 1. The lowest BCUT2D eigenvalue weighted by Crippen LogP contribution is -1.93. The van der Waals surface area contributed by atoms with Gasteiger partial charge in [-0.15, -0.1) is 0 Å². The zero-order valence-electron chi connectivity index (χ0n) is 6.57. The molecule has 5 heteroatoms. The average molecular weight is 199 g/mol. The molecule has 0 aliphatic rings. The van der Waals surface area contributed by atoms with Gasteiger partial charge < -0.3 is 10.8 Å². The second-order valence-corrected chi connectivity index (χ2v) is 2.68.